The van der Waals surface area contributed by atoms with E-state index in [4.69, 9.17) is 26.8 Å². The number of hydrogen-bond donors (Lipinski definition) is 2. The van der Waals surface area contributed by atoms with Crippen molar-refractivity contribution >= 4 is 29.1 Å². The summed E-state index contributed by atoms with van der Waals surface area (Å²) < 4.78 is 23.3. The number of nitrogens with two attached hydrogens (primary N) is 1. The number of nitrogens with one attached hydrogen (secondary N) is 1. The number of amides is 2. The average molecular weight is 353 g/mol. The normalized spacial score (nSPS) is 10.1. The van der Waals surface area contributed by atoms with Crippen LogP contribution in [-0.2, 0) is 9.59 Å². The molecule has 6 nitrogen and oxygen atoms in total. The zero-order valence-corrected chi connectivity index (χ0v) is 13.2. The standard InChI is InChI=1S/C16H14ClFN2O4/c17-13-7-12(5-6-14(13)18)24-9-16(22)20-10-1-3-11(4-2-10)23-8-15(19)21/h1-7H,8-9H2,(H2,19,21)(H,20,22). The van der Waals surface area contributed by atoms with Gasteiger partial charge in [0.05, 0.1) is 5.02 Å². The molecule has 0 heterocycles. The molecule has 0 bridgehead atoms. The number of rotatable bonds is 7. The second kappa shape index (κ2) is 8.16. The molecule has 0 radical (unpaired) electrons. The van der Waals surface area contributed by atoms with Gasteiger partial charge in [-0.1, -0.05) is 11.6 Å². The molecule has 2 aromatic rings. The maximum atomic E-state index is 13.0. The van der Waals surface area contributed by atoms with Crippen molar-refractivity contribution in [3.63, 3.8) is 0 Å². The van der Waals surface area contributed by atoms with Gasteiger partial charge in [-0.3, -0.25) is 9.59 Å². The number of carbonyl (C=O) groups excluding carboxylic acids is 2. The van der Waals surface area contributed by atoms with Gasteiger partial charge in [0.25, 0.3) is 11.8 Å². The predicted molar refractivity (Wildman–Crippen MR) is 86.7 cm³/mol. The van der Waals surface area contributed by atoms with Gasteiger partial charge < -0.3 is 20.5 Å². The van der Waals surface area contributed by atoms with Gasteiger partial charge >= 0.3 is 0 Å². The molecule has 0 spiro atoms. The summed E-state index contributed by atoms with van der Waals surface area (Å²) >= 11 is 5.62. The van der Waals surface area contributed by atoms with E-state index in [1.165, 1.54) is 12.1 Å². The number of hydrogen-bond acceptors (Lipinski definition) is 4. The SMILES string of the molecule is NC(=O)COc1ccc(NC(=O)COc2ccc(F)c(Cl)c2)cc1. The molecule has 0 saturated heterocycles. The minimum atomic E-state index is -0.578. The average Bonchev–Trinajstić information content (AvgIpc) is 2.55. The fourth-order valence-electron chi connectivity index (χ4n) is 1.70. The Kier molecular flexibility index (Phi) is 5.97. The van der Waals surface area contributed by atoms with Crippen molar-refractivity contribution in [3.05, 3.63) is 53.3 Å². The maximum Gasteiger partial charge on any atom is 0.262 e. The second-order valence-electron chi connectivity index (χ2n) is 4.69. The molecule has 0 saturated carbocycles. The monoisotopic (exact) mass is 352 g/mol. The third kappa shape index (κ3) is 5.44. The van der Waals surface area contributed by atoms with Crippen LogP contribution in [0.15, 0.2) is 42.5 Å². The molecule has 2 amide bonds. The highest BCUT2D eigenvalue weighted by Gasteiger charge is 2.06. The molecule has 3 N–H and O–H groups in total. The lowest BCUT2D eigenvalue weighted by Crippen LogP contribution is -2.20. The third-order valence-corrected chi connectivity index (χ3v) is 3.07. The summed E-state index contributed by atoms with van der Waals surface area (Å²) in [4.78, 5) is 22.4. The van der Waals surface area contributed by atoms with E-state index in [1.54, 1.807) is 24.3 Å². The summed E-state index contributed by atoms with van der Waals surface area (Å²) in [6.45, 7) is -0.484. The highest BCUT2D eigenvalue weighted by Crippen LogP contribution is 2.21. The van der Waals surface area contributed by atoms with Crippen molar-refractivity contribution in [2.24, 2.45) is 5.73 Å². The number of halogens is 2. The molecule has 24 heavy (non-hydrogen) atoms. The van der Waals surface area contributed by atoms with Gasteiger partial charge in [-0.25, -0.2) is 4.39 Å². The summed E-state index contributed by atoms with van der Waals surface area (Å²) in [6, 6.07) is 10.2. The highest BCUT2D eigenvalue weighted by atomic mass is 35.5. The first-order valence-corrected chi connectivity index (χ1v) is 7.20. The molecule has 0 aliphatic heterocycles. The molecule has 0 aliphatic carbocycles. The summed E-state index contributed by atoms with van der Waals surface area (Å²) in [5.74, 6) is -0.811. The van der Waals surface area contributed by atoms with Crippen molar-refractivity contribution in [1.82, 2.24) is 0 Å². The molecular formula is C16H14ClFN2O4. The van der Waals surface area contributed by atoms with Crippen LogP contribution in [0.3, 0.4) is 0 Å². The smallest absolute Gasteiger partial charge is 0.262 e. The first kappa shape index (κ1) is 17.6. The van der Waals surface area contributed by atoms with Crippen molar-refractivity contribution in [2.45, 2.75) is 0 Å². The molecule has 8 heteroatoms. The van der Waals surface area contributed by atoms with E-state index >= 15 is 0 Å². The van der Waals surface area contributed by atoms with Crippen LogP contribution in [0.2, 0.25) is 5.02 Å². The quantitative estimate of drug-likeness (QED) is 0.800. The lowest BCUT2D eigenvalue weighted by atomic mass is 10.3. The van der Waals surface area contributed by atoms with Crippen molar-refractivity contribution in [1.29, 1.82) is 0 Å². The van der Waals surface area contributed by atoms with E-state index in [2.05, 4.69) is 5.32 Å². The number of anilines is 1. The molecule has 0 atom stereocenters. The Labute approximate surface area is 142 Å². The molecule has 0 unspecified atom stereocenters. The Morgan fingerprint density at radius 1 is 1.04 bits per heavy atom. The van der Waals surface area contributed by atoms with E-state index in [-0.39, 0.29) is 24.0 Å². The first-order chi connectivity index (χ1) is 11.4. The summed E-state index contributed by atoms with van der Waals surface area (Å²) in [7, 11) is 0. The van der Waals surface area contributed by atoms with Crippen LogP contribution < -0.4 is 20.5 Å². The van der Waals surface area contributed by atoms with Gasteiger partial charge in [0, 0.05) is 11.8 Å². The van der Waals surface area contributed by atoms with Gasteiger partial charge in [0.2, 0.25) is 0 Å². The van der Waals surface area contributed by atoms with Crippen molar-refractivity contribution in [2.75, 3.05) is 18.5 Å². The van der Waals surface area contributed by atoms with Crippen molar-refractivity contribution < 1.29 is 23.5 Å². The van der Waals surface area contributed by atoms with Crippen LogP contribution in [0, 0.1) is 5.82 Å². The zero-order valence-electron chi connectivity index (χ0n) is 12.4. The Hall–Kier alpha value is -2.80. The third-order valence-electron chi connectivity index (χ3n) is 2.78. The van der Waals surface area contributed by atoms with Crippen LogP contribution in [-0.4, -0.2) is 25.0 Å². The summed E-state index contributed by atoms with van der Waals surface area (Å²) in [6.07, 6.45) is 0. The molecule has 0 aliphatic rings. The Balaban J connectivity index is 1.83. The van der Waals surface area contributed by atoms with Gasteiger partial charge in [0.15, 0.2) is 13.2 Å². The van der Waals surface area contributed by atoms with Crippen LogP contribution in [0.25, 0.3) is 0 Å². The molecule has 0 fully saturated rings. The molecule has 2 aromatic carbocycles. The van der Waals surface area contributed by atoms with Crippen molar-refractivity contribution in [3.8, 4) is 11.5 Å². The van der Waals surface area contributed by atoms with E-state index in [1.807, 2.05) is 0 Å². The Morgan fingerprint density at radius 2 is 1.67 bits per heavy atom. The van der Waals surface area contributed by atoms with Gasteiger partial charge in [-0.2, -0.15) is 0 Å². The van der Waals surface area contributed by atoms with E-state index in [9.17, 15) is 14.0 Å². The molecular weight excluding hydrogens is 339 g/mol. The number of carbonyl (C=O) groups is 2. The minimum Gasteiger partial charge on any atom is -0.484 e. The number of primary amides is 1. The zero-order chi connectivity index (χ0) is 17.5. The first-order valence-electron chi connectivity index (χ1n) is 6.83. The molecule has 2 rings (SSSR count). The van der Waals surface area contributed by atoms with E-state index < -0.39 is 17.6 Å². The highest BCUT2D eigenvalue weighted by molar-refractivity contribution is 6.30. The Bertz CT molecular complexity index is 737. The predicted octanol–water partition coefficient (Wildman–Crippen LogP) is 2.36. The Morgan fingerprint density at radius 3 is 2.29 bits per heavy atom. The van der Waals surface area contributed by atoms with Crippen LogP contribution >= 0.6 is 11.6 Å². The fraction of sp³-hybridized carbons (Fsp3) is 0.125. The second-order valence-corrected chi connectivity index (χ2v) is 5.10. The molecule has 126 valence electrons. The van der Waals surface area contributed by atoms with Crippen LogP contribution in [0.1, 0.15) is 0 Å². The van der Waals surface area contributed by atoms with Gasteiger partial charge in [0.1, 0.15) is 17.3 Å². The summed E-state index contributed by atoms with van der Waals surface area (Å²) in [5, 5.41) is 2.53. The largest absolute Gasteiger partial charge is 0.484 e. The minimum absolute atomic E-state index is 0.0838. The van der Waals surface area contributed by atoms with E-state index in [0.717, 1.165) is 6.07 Å². The number of ether oxygens (including phenoxy) is 2. The lowest BCUT2D eigenvalue weighted by molar-refractivity contribution is -0.120. The maximum absolute atomic E-state index is 13.0. The summed E-state index contributed by atoms with van der Waals surface area (Å²) in [5.41, 5.74) is 5.49. The van der Waals surface area contributed by atoms with Gasteiger partial charge in [-0.15, -0.1) is 0 Å². The molecule has 0 aromatic heterocycles. The van der Waals surface area contributed by atoms with E-state index in [0.29, 0.717) is 11.4 Å². The van der Waals surface area contributed by atoms with Crippen LogP contribution in [0.4, 0.5) is 10.1 Å². The van der Waals surface area contributed by atoms with Crippen LogP contribution in [0.5, 0.6) is 11.5 Å². The van der Waals surface area contributed by atoms with Gasteiger partial charge in [-0.05, 0) is 36.4 Å². The fourth-order valence-corrected chi connectivity index (χ4v) is 1.87. The lowest BCUT2D eigenvalue weighted by Gasteiger charge is -2.09. The number of benzene rings is 2. The topological polar surface area (TPSA) is 90.7 Å².